The van der Waals surface area contributed by atoms with Gasteiger partial charge in [0, 0.05) is 24.3 Å². The Labute approximate surface area is 169 Å². The third kappa shape index (κ3) is 5.27. The molecule has 2 aromatic carbocycles. The fourth-order valence-electron chi connectivity index (χ4n) is 2.92. The van der Waals surface area contributed by atoms with Gasteiger partial charge in [-0.25, -0.2) is 0 Å². The normalized spacial score (nSPS) is 14.8. The van der Waals surface area contributed by atoms with Crippen LogP contribution in [0.1, 0.15) is 28.8 Å². The Bertz CT molecular complexity index is 762. The van der Waals surface area contributed by atoms with Crippen molar-refractivity contribution in [2.24, 2.45) is 0 Å². The van der Waals surface area contributed by atoms with Crippen LogP contribution < -0.4 is 5.73 Å². The van der Waals surface area contributed by atoms with Gasteiger partial charge in [0.05, 0.1) is 22.8 Å². The van der Waals surface area contributed by atoms with Gasteiger partial charge < -0.3 is 15.4 Å². The number of halogens is 3. The molecule has 1 heterocycles. The van der Waals surface area contributed by atoms with Crippen LogP contribution in [0, 0.1) is 0 Å². The summed E-state index contributed by atoms with van der Waals surface area (Å²) in [4.78, 5) is 14.4. The third-order valence-electron chi connectivity index (χ3n) is 4.33. The van der Waals surface area contributed by atoms with E-state index in [9.17, 15) is 4.79 Å². The fraction of sp³-hybridized carbons (Fsp3) is 0.316. The smallest absolute Gasteiger partial charge is 0.253 e. The summed E-state index contributed by atoms with van der Waals surface area (Å²) >= 11 is 11.9. The summed E-state index contributed by atoms with van der Waals surface area (Å²) in [5, 5.41) is 1.07. The van der Waals surface area contributed by atoms with Crippen molar-refractivity contribution in [1.82, 2.24) is 4.90 Å². The molecule has 1 fully saturated rings. The number of nitrogens with two attached hydrogens (primary N) is 1. The van der Waals surface area contributed by atoms with E-state index >= 15 is 0 Å². The van der Waals surface area contributed by atoms with Crippen LogP contribution in [0.25, 0.3) is 0 Å². The maximum Gasteiger partial charge on any atom is 0.253 e. The topological polar surface area (TPSA) is 55.6 Å². The first-order chi connectivity index (χ1) is 12.0. The molecular weight excluding hydrogens is 395 g/mol. The number of rotatable bonds is 4. The number of hydrogen-bond donors (Lipinski definition) is 1. The molecule has 4 nitrogen and oxygen atoms in total. The number of carbonyl (C=O) groups is 1. The molecule has 0 atom stereocenters. The summed E-state index contributed by atoms with van der Waals surface area (Å²) in [5.41, 5.74) is 7.98. The molecule has 0 spiro atoms. The Morgan fingerprint density at radius 3 is 2.50 bits per heavy atom. The third-order valence-corrected chi connectivity index (χ3v) is 5.07. The SMILES string of the molecule is Cl.Nc1cccc(C(=O)N2CCC(OCc3ccc(Cl)c(Cl)c3)CC2)c1. The molecule has 1 saturated heterocycles. The number of hydrogen-bond acceptors (Lipinski definition) is 3. The molecule has 1 aliphatic rings. The minimum atomic E-state index is 0. The lowest BCUT2D eigenvalue weighted by Gasteiger charge is -2.32. The van der Waals surface area contributed by atoms with Gasteiger partial charge in [0.25, 0.3) is 5.91 Å². The van der Waals surface area contributed by atoms with Gasteiger partial charge in [-0.15, -0.1) is 12.4 Å². The Kier molecular flexibility index (Phi) is 7.59. The van der Waals surface area contributed by atoms with Gasteiger partial charge >= 0.3 is 0 Å². The number of carbonyl (C=O) groups excluding carboxylic acids is 1. The quantitative estimate of drug-likeness (QED) is 0.728. The van der Waals surface area contributed by atoms with Crippen molar-refractivity contribution < 1.29 is 9.53 Å². The molecular formula is C19H21Cl3N2O2. The summed E-state index contributed by atoms with van der Waals surface area (Å²) in [5.74, 6) is 0.0234. The minimum Gasteiger partial charge on any atom is -0.399 e. The number of amides is 1. The van der Waals surface area contributed by atoms with Crippen LogP contribution in [0.4, 0.5) is 5.69 Å². The molecule has 0 aromatic heterocycles. The molecule has 2 aromatic rings. The van der Waals surface area contributed by atoms with E-state index in [-0.39, 0.29) is 24.4 Å². The number of nitrogen functional groups attached to an aromatic ring is 1. The fourth-order valence-corrected chi connectivity index (χ4v) is 3.24. The van der Waals surface area contributed by atoms with E-state index in [1.807, 2.05) is 17.0 Å². The predicted octanol–water partition coefficient (Wildman–Crippen LogP) is 4.82. The number of anilines is 1. The lowest BCUT2D eigenvalue weighted by molar-refractivity contribution is -0.000376. The number of benzene rings is 2. The Morgan fingerprint density at radius 1 is 1.12 bits per heavy atom. The van der Waals surface area contributed by atoms with E-state index in [1.165, 1.54) is 0 Å². The zero-order valence-electron chi connectivity index (χ0n) is 14.2. The summed E-state index contributed by atoms with van der Waals surface area (Å²) in [6, 6.07) is 12.6. The summed E-state index contributed by atoms with van der Waals surface area (Å²) in [6.07, 6.45) is 1.77. The molecule has 0 radical (unpaired) electrons. The van der Waals surface area contributed by atoms with E-state index in [1.54, 1.807) is 30.3 Å². The molecule has 140 valence electrons. The number of piperidine rings is 1. The van der Waals surface area contributed by atoms with Gasteiger partial charge in [-0.2, -0.15) is 0 Å². The largest absolute Gasteiger partial charge is 0.399 e. The van der Waals surface area contributed by atoms with Crippen molar-refractivity contribution in [1.29, 1.82) is 0 Å². The summed E-state index contributed by atoms with van der Waals surface area (Å²) in [6.45, 7) is 1.85. The van der Waals surface area contributed by atoms with Crippen molar-refractivity contribution in [3.8, 4) is 0 Å². The number of nitrogens with zero attached hydrogens (tertiary/aromatic N) is 1. The Balaban J connectivity index is 0.00000243. The molecule has 1 amide bonds. The Morgan fingerprint density at radius 2 is 1.85 bits per heavy atom. The van der Waals surface area contributed by atoms with Crippen LogP contribution in [0.5, 0.6) is 0 Å². The van der Waals surface area contributed by atoms with Crippen LogP contribution >= 0.6 is 35.6 Å². The second-order valence-electron chi connectivity index (χ2n) is 6.18. The second-order valence-corrected chi connectivity index (χ2v) is 6.99. The first-order valence-corrected chi connectivity index (χ1v) is 8.99. The molecule has 0 saturated carbocycles. The van der Waals surface area contributed by atoms with Crippen LogP contribution in [0.15, 0.2) is 42.5 Å². The number of ether oxygens (including phenoxy) is 1. The van der Waals surface area contributed by atoms with Crippen LogP contribution in [-0.2, 0) is 11.3 Å². The van der Waals surface area contributed by atoms with Crippen molar-refractivity contribution in [2.75, 3.05) is 18.8 Å². The van der Waals surface area contributed by atoms with Crippen molar-refractivity contribution in [2.45, 2.75) is 25.6 Å². The first-order valence-electron chi connectivity index (χ1n) is 8.23. The van der Waals surface area contributed by atoms with Gasteiger partial charge in [-0.05, 0) is 48.7 Å². The highest BCUT2D eigenvalue weighted by Gasteiger charge is 2.24. The van der Waals surface area contributed by atoms with Gasteiger partial charge in [0.1, 0.15) is 0 Å². The average molecular weight is 416 g/mol. The highest BCUT2D eigenvalue weighted by molar-refractivity contribution is 6.42. The van der Waals surface area contributed by atoms with Gasteiger partial charge in [-0.1, -0.05) is 35.3 Å². The Hall–Kier alpha value is -1.46. The van der Waals surface area contributed by atoms with Gasteiger partial charge in [0.15, 0.2) is 0 Å². The molecule has 26 heavy (non-hydrogen) atoms. The van der Waals surface area contributed by atoms with Crippen molar-refractivity contribution >= 4 is 47.2 Å². The second kappa shape index (κ2) is 9.47. The summed E-state index contributed by atoms with van der Waals surface area (Å²) < 4.78 is 5.96. The maximum absolute atomic E-state index is 12.5. The molecule has 3 rings (SSSR count). The minimum absolute atomic E-state index is 0. The zero-order chi connectivity index (χ0) is 17.8. The first kappa shape index (κ1) is 20.8. The molecule has 0 unspecified atom stereocenters. The summed E-state index contributed by atoms with van der Waals surface area (Å²) in [7, 11) is 0. The lowest BCUT2D eigenvalue weighted by atomic mass is 10.1. The van der Waals surface area contributed by atoms with Crippen molar-refractivity contribution in [3.05, 3.63) is 63.6 Å². The van der Waals surface area contributed by atoms with Crippen molar-refractivity contribution in [3.63, 3.8) is 0 Å². The van der Waals surface area contributed by atoms with E-state index in [0.29, 0.717) is 41.0 Å². The lowest BCUT2D eigenvalue weighted by Crippen LogP contribution is -2.40. The monoisotopic (exact) mass is 414 g/mol. The highest BCUT2D eigenvalue weighted by Crippen LogP contribution is 2.24. The molecule has 2 N–H and O–H groups in total. The van der Waals surface area contributed by atoms with Gasteiger partial charge in [-0.3, -0.25) is 4.79 Å². The van der Waals surface area contributed by atoms with Crippen LogP contribution in [0.2, 0.25) is 10.0 Å². The van der Waals surface area contributed by atoms with E-state index in [2.05, 4.69) is 0 Å². The predicted molar refractivity (Wildman–Crippen MR) is 108 cm³/mol. The molecule has 0 aliphatic carbocycles. The molecule has 7 heteroatoms. The molecule has 1 aliphatic heterocycles. The van der Waals surface area contributed by atoms with Crippen LogP contribution in [0.3, 0.4) is 0 Å². The maximum atomic E-state index is 12.5. The number of likely N-dealkylation sites (tertiary alicyclic amines) is 1. The zero-order valence-corrected chi connectivity index (χ0v) is 16.5. The van der Waals surface area contributed by atoms with E-state index < -0.39 is 0 Å². The van der Waals surface area contributed by atoms with E-state index in [4.69, 9.17) is 33.7 Å². The molecule has 0 bridgehead atoms. The standard InChI is InChI=1S/C19H20Cl2N2O2.ClH/c20-17-5-4-13(10-18(17)21)12-25-16-6-8-23(9-7-16)19(24)14-2-1-3-15(22)11-14;/h1-5,10-11,16H,6-9,12,22H2;1H. The highest BCUT2D eigenvalue weighted by atomic mass is 35.5. The van der Waals surface area contributed by atoms with E-state index in [0.717, 1.165) is 18.4 Å². The van der Waals surface area contributed by atoms with Crippen LogP contribution in [-0.4, -0.2) is 30.0 Å². The average Bonchev–Trinajstić information content (AvgIpc) is 2.62. The van der Waals surface area contributed by atoms with Gasteiger partial charge in [0.2, 0.25) is 0 Å².